The molecule has 0 saturated heterocycles. The minimum Gasteiger partial charge on any atom is -0.496 e. The number of hydrogen-bond donors (Lipinski definition) is 1. The molecule has 5 heteroatoms. The van der Waals surface area contributed by atoms with Crippen molar-refractivity contribution in [1.29, 1.82) is 0 Å². The lowest BCUT2D eigenvalue weighted by Crippen LogP contribution is -2.13. The van der Waals surface area contributed by atoms with Crippen LogP contribution >= 0.6 is 0 Å². The SMILES string of the molecule is CCc1cc(S(=O)(=O)Nc2cccc(C)c2)ccc1OC. The maximum atomic E-state index is 12.4. The third-order valence-corrected chi connectivity index (χ3v) is 4.59. The molecule has 0 heterocycles. The molecule has 0 saturated carbocycles. The van der Waals surface area contributed by atoms with Crippen molar-refractivity contribution >= 4 is 15.7 Å². The number of ether oxygens (including phenoxy) is 1. The van der Waals surface area contributed by atoms with Crippen molar-refractivity contribution in [2.75, 3.05) is 11.8 Å². The van der Waals surface area contributed by atoms with Gasteiger partial charge in [-0.25, -0.2) is 8.42 Å². The van der Waals surface area contributed by atoms with E-state index in [4.69, 9.17) is 4.74 Å². The lowest BCUT2D eigenvalue weighted by atomic mass is 10.1. The summed E-state index contributed by atoms with van der Waals surface area (Å²) in [6, 6.07) is 12.1. The molecule has 2 aromatic rings. The number of rotatable bonds is 5. The monoisotopic (exact) mass is 305 g/mol. The average Bonchev–Trinajstić information content (AvgIpc) is 2.46. The molecule has 4 nitrogen and oxygen atoms in total. The van der Waals surface area contributed by atoms with Gasteiger partial charge in [0.15, 0.2) is 0 Å². The summed E-state index contributed by atoms with van der Waals surface area (Å²) in [6.45, 7) is 3.88. The van der Waals surface area contributed by atoms with E-state index >= 15 is 0 Å². The number of anilines is 1. The molecule has 0 spiro atoms. The molecule has 112 valence electrons. The lowest BCUT2D eigenvalue weighted by molar-refractivity contribution is 0.409. The van der Waals surface area contributed by atoms with Crippen LogP contribution in [0.4, 0.5) is 5.69 Å². The van der Waals surface area contributed by atoms with Gasteiger partial charge in [0.1, 0.15) is 5.75 Å². The van der Waals surface area contributed by atoms with E-state index in [0.29, 0.717) is 17.9 Å². The van der Waals surface area contributed by atoms with Gasteiger partial charge in [-0.2, -0.15) is 0 Å². The Morgan fingerprint density at radius 3 is 2.52 bits per heavy atom. The predicted molar refractivity (Wildman–Crippen MR) is 84.4 cm³/mol. The highest BCUT2D eigenvalue weighted by molar-refractivity contribution is 7.92. The van der Waals surface area contributed by atoms with E-state index in [0.717, 1.165) is 11.1 Å². The Bertz CT molecular complexity index is 739. The second-order valence-electron chi connectivity index (χ2n) is 4.80. The fourth-order valence-corrected chi connectivity index (χ4v) is 3.22. The maximum Gasteiger partial charge on any atom is 0.261 e. The number of sulfonamides is 1. The summed E-state index contributed by atoms with van der Waals surface area (Å²) in [5.41, 5.74) is 2.42. The number of methoxy groups -OCH3 is 1. The summed E-state index contributed by atoms with van der Waals surface area (Å²) >= 11 is 0. The van der Waals surface area contributed by atoms with E-state index in [1.807, 2.05) is 26.0 Å². The molecule has 0 radical (unpaired) electrons. The number of hydrogen-bond acceptors (Lipinski definition) is 3. The van der Waals surface area contributed by atoms with Crippen LogP contribution in [0.5, 0.6) is 5.75 Å². The molecule has 0 aliphatic carbocycles. The molecule has 0 aliphatic rings. The minimum absolute atomic E-state index is 0.238. The average molecular weight is 305 g/mol. The van der Waals surface area contributed by atoms with Crippen LogP contribution in [-0.4, -0.2) is 15.5 Å². The molecule has 0 amide bonds. The Morgan fingerprint density at radius 1 is 1.14 bits per heavy atom. The Hall–Kier alpha value is -2.01. The minimum atomic E-state index is -3.59. The first-order chi connectivity index (χ1) is 9.96. The van der Waals surface area contributed by atoms with Gasteiger partial charge >= 0.3 is 0 Å². The first kappa shape index (κ1) is 15.4. The number of nitrogens with one attached hydrogen (secondary N) is 1. The number of aryl methyl sites for hydroxylation is 2. The summed E-state index contributed by atoms with van der Waals surface area (Å²) < 4.78 is 32.7. The van der Waals surface area contributed by atoms with Gasteiger partial charge in [-0.05, 0) is 54.8 Å². The second-order valence-corrected chi connectivity index (χ2v) is 6.48. The fraction of sp³-hybridized carbons (Fsp3) is 0.250. The Morgan fingerprint density at radius 2 is 1.90 bits per heavy atom. The van der Waals surface area contributed by atoms with Crippen molar-refractivity contribution in [1.82, 2.24) is 0 Å². The number of benzene rings is 2. The Labute approximate surface area is 125 Å². The topological polar surface area (TPSA) is 55.4 Å². The summed E-state index contributed by atoms with van der Waals surface area (Å²) in [7, 11) is -2.02. The van der Waals surface area contributed by atoms with E-state index in [1.54, 1.807) is 37.4 Å². The summed E-state index contributed by atoms with van der Waals surface area (Å²) in [4.78, 5) is 0.238. The third kappa shape index (κ3) is 3.55. The van der Waals surface area contributed by atoms with Crippen LogP contribution in [0, 0.1) is 6.92 Å². The largest absolute Gasteiger partial charge is 0.496 e. The summed E-state index contributed by atoms with van der Waals surface area (Å²) in [5.74, 6) is 0.701. The van der Waals surface area contributed by atoms with Crippen molar-refractivity contribution in [3.05, 3.63) is 53.6 Å². The van der Waals surface area contributed by atoms with Crippen LogP contribution < -0.4 is 9.46 Å². The van der Waals surface area contributed by atoms with Crippen molar-refractivity contribution in [3.8, 4) is 5.75 Å². The first-order valence-electron chi connectivity index (χ1n) is 6.72. The van der Waals surface area contributed by atoms with Gasteiger partial charge in [-0.3, -0.25) is 4.72 Å². The highest BCUT2D eigenvalue weighted by Gasteiger charge is 2.16. The van der Waals surface area contributed by atoms with Crippen LogP contribution in [0.15, 0.2) is 47.4 Å². The van der Waals surface area contributed by atoms with E-state index in [1.165, 1.54) is 0 Å². The zero-order valence-corrected chi connectivity index (χ0v) is 13.2. The zero-order valence-electron chi connectivity index (χ0n) is 12.4. The van der Waals surface area contributed by atoms with Gasteiger partial charge in [0.05, 0.1) is 12.0 Å². The molecule has 2 rings (SSSR count). The van der Waals surface area contributed by atoms with Crippen molar-refractivity contribution < 1.29 is 13.2 Å². The van der Waals surface area contributed by atoms with E-state index in [9.17, 15) is 8.42 Å². The van der Waals surface area contributed by atoms with Crippen molar-refractivity contribution in [3.63, 3.8) is 0 Å². The molecule has 0 aromatic heterocycles. The third-order valence-electron chi connectivity index (χ3n) is 3.21. The zero-order chi connectivity index (χ0) is 15.5. The van der Waals surface area contributed by atoms with Crippen LogP contribution in [0.25, 0.3) is 0 Å². The molecule has 1 N–H and O–H groups in total. The quantitative estimate of drug-likeness (QED) is 0.921. The van der Waals surface area contributed by atoms with Crippen LogP contribution in [0.3, 0.4) is 0 Å². The highest BCUT2D eigenvalue weighted by Crippen LogP contribution is 2.24. The molecule has 0 unspecified atom stereocenters. The predicted octanol–water partition coefficient (Wildman–Crippen LogP) is 3.37. The van der Waals surface area contributed by atoms with E-state index in [-0.39, 0.29) is 4.90 Å². The van der Waals surface area contributed by atoms with Gasteiger partial charge in [-0.15, -0.1) is 0 Å². The molecule has 21 heavy (non-hydrogen) atoms. The Balaban J connectivity index is 2.35. The van der Waals surface area contributed by atoms with Gasteiger partial charge in [-0.1, -0.05) is 19.1 Å². The van der Waals surface area contributed by atoms with Gasteiger partial charge in [0.25, 0.3) is 10.0 Å². The van der Waals surface area contributed by atoms with Gasteiger partial charge in [0.2, 0.25) is 0 Å². The lowest BCUT2D eigenvalue weighted by Gasteiger charge is -2.12. The van der Waals surface area contributed by atoms with E-state index < -0.39 is 10.0 Å². The van der Waals surface area contributed by atoms with Gasteiger partial charge < -0.3 is 4.74 Å². The molecule has 0 bridgehead atoms. The molecule has 0 fully saturated rings. The first-order valence-corrected chi connectivity index (χ1v) is 8.21. The molecule has 0 atom stereocenters. The smallest absolute Gasteiger partial charge is 0.261 e. The second kappa shape index (κ2) is 6.18. The molecular formula is C16H19NO3S. The van der Waals surface area contributed by atoms with Gasteiger partial charge in [0, 0.05) is 5.69 Å². The fourth-order valence-electron chi connectivity index (χ4n) is 2.12. The van der Waals surface area contributed by atoms with Crippen LogP contribution in [-0.2, 0) is 16.4 Å². The van der Waals surface area contributed by atoms with E-state index in [2.05, 4.69) is 4.72 Å². The Kier molecular flexibility index (Phi) is 4.53. The highest BCUT2D eigenvalue weighted by atomic mass is 32.2. The van der Waals surface area contributed by atoms with Crippen LogP contribution in [0.1, 0.15) is 18.1 Å². The molecule has 0 aliphatic heterocycles. The van der Waals surface area contributed by atoms with Crippen LogP contribution in [0.2, 0.25) is 0 Å². The maximum absolute atomic E-state index is 12.4. The summed E-state index contributed by atoms with van der Waals surface area (Å²) in [6.07, 6.45) is 0.705. The summed E-state index contributed by atoms with van der Waals surface area (Å²) in [5, 5.41) is 0. The standard InChI is InChI=1S/C16H19NO3S/c1-4-13-11-15(8-9-16(13)20-3)21(18,19)17-14-7-5-6-12(2)10-14/h5-11,17H,4H2,1-3H3. The molecule has 2 aromatic carbocycles. The van der Waals surface area contributed by atoms with Crippen molar-refractivity contribution in [2.24, 2.45) is 0 Å². The molecular weight excluding hydrogens is 286 g/mol. The van der Waals surface area contributed by atoms with Crippen molar-refractivity contribution in [2.45, 2.75) is 25.2 Å². The normalized spacial score (nSPS) is 11.2.